The molecule has 5 aromatic rings. The van der Waals surface area contributed by atoms with Gasteiger partial charge in [0.25, 0.3) is 11.8 Å². The van der Waals surface area contributed by atoms with E-state index in [1.54, 1.807) is 29.6 Å². The number of aryl methyl sites for hydroxylation is 1. The van der Waals surface area contributed by atoms with Crippen molar-refractivity contribution < 1.29 is 48.9 Å². The molecule has 0 fully saturated rings. The number of benzene rings is 4. The highest BCUT2D eigenvalue weighted by molar-refractivity contribution is 7.09. The molecular weight excluding hydrogens is 853 g/mol. The summed E-state index contributed by atoms with van der Waals surface area (Å²) < 4.78 is 0. The zero-order chi connectivity index (χ0) is 46.3. The van der Waals surface area contributed by atoms with E-state index >= 15 is 0 Å². The largest absolute Gasteiger partial charge is 0.481 e. The summed E-state index contributed by atoms with van der Waals surface area (Å²) in [5.74, 6) is -6.54. The molecule has 16 nitrogen and oxygen atoms in total. The number of nitrogens with one attached hydrogen (secondary N) is 6. The number of aliphatic carboxylic acids is 1. The van der Waals surface area contributed by atoms with Gasteiger partial charge in [0.2, 0.25) is 23.6 Å². The summed E-state index contributed by atoms with van der Waals surface area (Å²) in [6.45, 7) is -0.230. The third-order valence-corrected chi connectivity index (χ3v) is 11.6. The van der Waals surface area contributed by atoms with Crippen LogP contribution in [0.5, 0.6) is 0 Å². The second-order valence-corrected chi connectivity index (χ2v) is 16.6. The normalized spacial score (nSPS) is 21.1. The summed E-state index contributed by atoms with van der Waals surface area (Å²) in [6.07, 6.45) is -4.85. The van der Waals surface area contributed by atoms with Gasteiger partial charge >= 0.3 is 5.97 Å². The van der Waals surface area contributed by atoms with E-state index in [1.165, 1.54) is 35.6 Å². The van der Waals surface area contributed by atoms with E-state index in [-0.39, 0.29) is 44.3 Å². The number of carboxylic acid groups (broad SMARTS) is 1. The van der Waals surface area contributed by atoms with Crippen LogP contribution in [0.25, 0.3) is 11.1 Å². The fourth-order valence-electron chi connectivity index (χ4n) is 7.13. The second-order valence-electron chi connectivity index (χ2n) is 15.5. The summed E-state index contributed by atoms with van der Waals surface area (Å²) >= 11 is 1.29. The van der Waals surface area contributed by atoms with Crippen molar-refractivity contribution in [2.45, 2.75) is 74.9 Å². The lowest BCUT2D eigenvalue weighted by atomic mass is 9.99. The quantitative estimate of drug-likeness (QED) is 0.0827. The van der Waals surface area contributed by atoms with E-state index < -0.39 is 77.8 Å². The van der Waals surface area contributed by atoms with Crippen molar-refractivity contribution in [3.63, 3.8) is 0 Å². The van der Waals surface area contributed by atoms with Crippen molar-refractivity contribution in [1.82, 2.24) is 26.6 Å². The average molecular weight is 903 g/mol. The van der Waals surface area contributed by atoms with Crippen molar-refractivity contribution >= 4 is 58.4 Å². The van der Waals surface area contributed by atoms with Crippen molar-refractivity contribution in [2.75, 3.05) is 11.9 Å². The number of aliphatic hydroxyl groups excluding tert-OH is 2. The standard InChI is InChI=1S/C48H50N6O10S/c55-40(56)23-24-49-43(59)37-26-31-15-20-34(21-16-31)50-47(63)41(57)42(58)48(64)54-39(28-35-12-7-25-65-35)46(62)53-38(27-30-13-18-33(19-14-30)32-10-5-2-6-11-32)45(61)51-36(44(60)52-37)22-17-29-8-3-1-4-9-29/h1-16,18-21,25,36-39,41-42,57-58H,17,22-24,26-28H2,(H,49,59)(H,50,63)(H,51,61)(H,52,60)(H,53,62)(H,54,64)(H,55,56)/t36-,37+,38+,39-,41-,42-/m1/s1. The molecule has 0 spiro atoms. The molecule has 6 atom stereocenters. The van der Waals surface area contributed by atoms with Gasteiger partial charge in [-0.05, 0) is 64.2 Å². The third-order valence-electron chi connectivity index (χ3n) is 10.7. The molecule has 7 rings (SSSR count). The molecule has 65 heavy (non-hydrogen) atoms. The molecule has 17 heteroatoms. The molecule has 0 radical (unpaired) electrons. The molecule has 6 amide bonds. The van der Waals surface area contributed by atoms with Crippen LogP contribution in [-0.4, -0.2) is 99.7 Å². The second kappa shape index (κ2) is 22.9. The van der Waals surface area contributed by atoms with Gasteiger partial charge in [-0.25, -0.2) is 0 Å². The zero-order valence-corrected chi connectivity index (χ0v) is 36.0. The Hall–Kier alpha value is -7.21. The lowest BCUT2D eigenvalue weighted by Gasteiger charge is -2.27. The predicted molar refractivity (Wildman–Crippen MR) is 242 cm³/mol. The number of hydrogen-bond donors (Lipinski definition) is 9. The van der Waals surface area contributed by atoms with Crippen LogP contribution >= 0.6 is 11.3 Å². The Labute approximate surface area is 378 Å². The summed E-state index contributed by atoms with van der Waals surface area (Å²) in [6, 6.07) is 30.3. The Kier molecular flexibility index (Phi) is 16.7. The van der Waals surface area contributed by atoms with Gasteiger partial charge in [0, 0.05) is 36.4 Å². The first kappa shape index (κ1) is 47.3. The predicted octanol–water partition coefficient (Wildman–Crippen LogP) is 2.28. The molecule has 2 aliphatic rings. The lowest BCUT2D eigenvalue weighted by molar-refractivity contribution is -0.144. The minimum Gasteiger partial charge on any atom is -0.481 e. The highest BCUT2D eigenvalue weighted by Crippen LogP contribution is 2.21. The number of fused-ring (bicyclic) bond motifs is 18. The van der Waals surface area contributed by atoms with E-state index in [4.69, 9.17) is 0 Å². The van der Waals surface area contributed by atoms with Gasteiger partial charge in [0.05, 0.1) is 6.42 Å². The highest BCUT2D eigenvalue weighted by Gasteiger charge is 2.36. The van der Waals surface area contributed by atoms with Crippen LogP contribution in [0.15, 0.2) is 127 Å². The Balaban J connectivity index is 1.37. The molecule has 9 N–H and O–H groups in total. The van der Waals surface area contributed by atoms with Crippen LogP contribution < -0.4 is 31.9 Å². The fourth-order valence-corrected chi connectivity index (χ4v) is 7.89. The maximum absolute atomic E-state index is 14.6. The van der Waals surface area contributed by atoms with Crippen LogP contribution in [0, 0.1) is 0 Å². The van der Waals surface area contributed by atoms with Crippen LogP contribution in [0.2, 0.25) is 0 Å². The first-order valence-corrected chi connectivity index (χ1v) is 21.9. The SMILES string of the molecule is O=C(O)CCNC(=O)[C@@H]1Cc2ccc(cc2)NC(=O)[C@H](O)[C@@H](O)C(=O)N[C@H](Cc2cccs2)C(=O)N[C@@H](Cc2ccc(-c3ccccc3)cc2)C(=O)N[C@H](CCc2ccccc2)C(=O)N1. The van der Waals surface area contributed by atoms with E-state index in [9.17, 15) is 48.9 Å². The maximum atomic E-state index is 14.6. The third kappa shape index (κ3) is 13.9. The Bertz CT molecular complexity index is 2420. The van der Waals surface area contributed by atoms with Gasteiger partial charge in [-0.2, -0.15) is 0 Å². The van der Waals surface area contributed by atoms with Crippen LogP contribution in [0.3, 0.4) is 0 Å². The molecule has 0 saturated carbocycles. The van der Waals surface area contributed by atoms with Crippen molar-refractivity contribution in [3.8, 4) is 11.1 Å². The van der Waals surface area contributed by atoms with E-state index in [2.05, 4.69) is 31.9 Å². The smallest absolute Gasteiger partial charge is 0.305 e. The fraction of sp³-hybridized carbons (Fsp3) is 0.271. The summed E-state index contributed by atoms with van der Waals surface area (Å²) in [5.41, 5.74) is 4.00. The number of rotatable bonds is 12. The molecule has 4 aromatic carbocycles. The Morgan fingerprint density at radius 3 is 1.83 bits per heavy atom. The van der Waals surface area contributed by atoms with Gasteiger partial charge in [-0.3, -0.25) is 33.6 Å². The molecule has 2 aliphatic heterocycles. The van der Waals surface area contributed by atoms with E-state index in [1.807, 2.05) is 72.8 Å². The Morgan fingerprint density at radius 1 is 0.600 bits per heavy atom. The van der Waals surface area contributed by atoms with Gasteiger partial charge in [0.15, 0.2) is 12.2 Å². The topological polar surface area (TPSA) is 252 Å². The van der Waals surface area contributed by atoms with E-state index in [0.29, 0.717) is 22.4 Å². The van der Waals surface area contributed by atoms with E-state index in [0.717, 1.165) is 16.7 Å². The molecule has 0 saturated heterocycles. The number of hydrogen-bond acceptors (Lipinski definition) is 10. The van der Waals surface area contributed by atoms with Crippen LogP contribution in [0.1, 0.15) is 34.4 Å². The number of carboxylic acids is 1. The first-order valence-electron chi connectivity index (χ1n) is 21.0. The molecule has 1 aromatic heterocycles. The average Bonchev–Trinajstić information content (AvgIpc) is 3.83. The number of carbonyl (C=O) groups is 7. The molecule has 3 heterocycles. The first-order chi connectivity index (χ1) is 31.3. The number of thiophene rings is 1. The van der Waals surface area contributed by atoms with Crippen LogP contribution in [-0.2, 0) is 59.2 Å². The maximum Gasteiger partial charge on any atom is 0.305 e. The molecular formula is C48H50N6O10S. The monoisotopic (exact) mass is 902 g/mol. The van der Waals surface area contributed by atoms with Crippen molar-refractivity contribution in [2.24, 2.45) is 0 Å². The summed E-state index contributed by atoms with van der Waals surface area (Å²) in [7, 11) is 0. The number of amides is 6. The number of carbonyl (C=O) groups excluding carboxylic acids is 6. The highest BCUT2D eigenvalue weighted by atomic mass is 32.1. The van der Waals surface area contributed by atoms with Crippen molar-refractivity contribution in [3.05, 3.63) is 148 Å². The molecule has 0 aliphatic carbocycles. The van der Waals surface area contributed by atoms with Crippen molar-refractivity contribution in [1.29, 1.82) is 0 Å². The molecule has 338 valence electrons. The van der Waals surface area contributed by atoms with Gasteiger partial charge in [-0.15, -0.1) is 11.3 Å². The number of aliphatic hydroxyl groups is 2. The zero-order valence-electron chi connectivity index (χ0n) is 35.1. The molecule has 2 bridgehead atoms. The number of anilines is 1. The molecule has 0 unspecified atom stereocenters. The Morgan fingerprint density at radius 2 is 1.18 bits per heavy atom. The van der Waals surface area contributed by atoms with Gasteiger partial charge in [0.1, 0.15) is 24.2 Å². The summed E-state index contributed by atoms with van der Waals surface area (Å²) in [4.78, 5) is 95.4. The summed E-state index contributed by atoms with van der Waals surface area (Å²) in [5, 5.41) is 48.4. The minimum absolute atomic E-state index is 0.0625. The lowest BCUT2D eigenvalue weighted by Crippen LogP contribution is -2.60. The van der Waals surface area contributed by atoms with Gasteiger partial charge in [-0.1, -0.05) is 103 Å². The van der Waals surface area contributed by atoms with Crippen LogP contribution in [0.4, 0.5) is 5.69 Å². The van der Waals surface area contributed by atoms with Gasteiger partial charge < -0.3 is 47.2 Å². The minimum atomic E-state index is -2.31.